The van der Waals surface area contributed by atoms with Gasteiger partial charge in [0.2, 0.25) is 0 Å². The third-order valence-corrected chi connectivity index (χ3v) is 3.46. The first-order valence-corrected chi connectivity index (χ1v) is 5.90. The Morgan fingerprint density at radius 2 is 1.82 bits per heavy atom. The molecule has 0 aromatic heterocycles. The summed E-state index contributed by atoms with van der Waals surface area (Å²) >= 11 is 0. The molecule has 1 aromatic rings. The minimum atomic E-state index is -0.389. The van der Waals surface area contributed by atoms with Crippen LogP contribution in [0.15, 0.2) is 30.3 Å². The van der Waals surface area contributed by atoms with E-state index in [1.54, 1.807) is 6.92 Å². The highest BCUT2D eigenvalue weighted by molar-refractivity contribution is 5.96. The summed E-state index contributed by atoms with van der Waals surface area (Å²) < 4.78 is 4.64. The number of ether oxygens (including phenoxy) is 1. The van der Waals surface area contributed by atoms with Crippen molar-refractivity contribution in [3.8, 4) is 0 Å². The van der Waals surface area contributed by atoms with Crippen LogP contribution in [0.2, 0.25) is 0 Å². The lowest BCUT2D eigenvalue weighted by Crippen LogP contribution is -2.17. The first-order valence-electron chi connectivity index (χ1n) is 5.90. The van der Waals surface area contributed by atoms with E-state index in [0.717, 1.165) is 0 Å². The van der Waals surface area contributed by atoms with Gasteiger partial charge in [-0.05, 0) is 17.9 Å². The van der Waals surface area contributed by atoms with Crippen LogP contribution in [-0.4, -0.2) is 11.9 Å². The van der Waals surface area contributed by atoms with E-state index >= 15 is 0 Å². The SMILES string of the molecule is C[C@H](CC1C(=O)OC(=O)[C@H]1C)c1ccccc1. The summed E-state index contributed by atoms with van der Waals surface area (Å²) in [6, 6.07) is 10.0. The van der Waals surface area contributed by atoms with E-state index in [1.807, 2.05) is 30.3 Å². The minimum Gasteiger partial charge on any atom is -0.393 e. The molecule has 0 aliphatic carbocycles. The fourth-order valence-corrected chi connectivity index (χ4v) is 2.24. The molecule has 0 radical (unpaired) electrons. The van der Waals surface area contributed by atoms with Crippen molar-refractivity contribution in [3.05, 3.63) is 35.9 Å². The number of carbonyl (C=O) groups excluding carboxylic acids is 2. The number of benzene rings is 1. The van der Waals surface area contributed by atoms with Crippen molar-refractivity contribution in [3.63, 3.8) is 0 Å². The second-order valence-electron chi connectivity index (χ2n) is 4.68. The van der Waals surface area contributed by atoms with Crippen molar-refractivity contribution in [2.24, 2.45) is 11.8 Å². The van der Waals surface area contributed by atoms with Gasteiger partial charge in [-0.25, -0.2) is 0 Å². The average Bonchev–Trinajstić information content (AvgIpc) is 2.57. The van der Waals surface area contributed by atoms with Crippen LogP contribution < -0.4 is 0 Å². The monoisotopic (exact) mass is 232 g/mol. The summed E-state index contributed by atoms with van der Waals surface area (Å²) in [6.45, 7) is 3.83. The van der Waals surface area contributed by atoms with E-state index in [1.165, 1.54) is 5.56 Å². The predicted octanol–water partition coefficient (Wildman–Crippen LogP) is 2.52. The van der Waals surface area contributed by atoms with Crippen LogP contribution in [0.5, 0.6) is 0 Å². The molecule has 0 amide bonds. The van der Waals surface area contributed by atoms with Gasteiger partial charge in [-0.3, -0.25) is 9.59 Å². The summed E-state index contributed by atoms with van der Waals surface area (Å²) in [7, 11) is 0. The largest absolute Gasteiger partial charge is 0.393 e. The molecule has 1 heterocycles. The summed E-state index contributed by atoms with van der Waals surface area (Å²) in [4.78, 5) is 22.8. The molecule has 3 atom stereocenters. The van der Waals surface area contributed by atoms with Gasteiger partial charge in [0, 0.05) is 0 Å². The zero-order chi connectivity index (χ0) is 12.4. The van der Waals surface area contributed by atoms with E-state index < -0.39 is 0 Å². The van der Waals surface area contributed by atoms with Gasteiger partial charge in [-0.2, -0.15) is 0 Å². The molecule has 90 valence electrons. The van der Waals surface area contributed by atoms with Crippen LogP contribution in [-0.2, 0) is 14.3 Å². The molecule has 1 aromatic carbocycles. The summed E-state index contributed by atoms with van der Waals surface area (Å²) in [5.74, 6) is -1.11. The fourth-order valence-electron chi connectivity index (χ4n) is 2.24. The van der Waals surface area contributed by atoms with E-state index in [4.69, 9.17) is 0 Å². The van der Waals surface area contributed by atoms with E-state index in [2.05, 4.69) is 11.7 Å². The van der Waals surface area contributed by atoms with Gasteiger partial charge in [0.15, 0.2) is 0 Å². The maximum atomic E-state index is 11.5. The van der Waals surface area contributed by atoms with Crippen LogP contribution in [0.25, 0.3) is 0 Å². The van der Waals surface area contributed by atoms with Crippen LogP contribution >= 0.6 is 0 Å². The third-order valence-electron chi connectivity index (χ3n) is 3.46. The van der Waals surface area contributed by atoms with Crippen LogP contribution in [0.4, 0.5) is 0 Å². The van der Waals surface area contributed by atoms with Gasteiger partial charge in [-0.1, -0.05) is 44.2 Å². The molecule has 1 aliphatic heterocycles. The third kappa shape index (κ3) is 2.38. The Morgan fingerprint density at radius 3 is 2.35 bits per heavy atom. The Labute approximate surface area is 101 Å². The molecule has 1 saturated heterocycles. The summed E-state index contributed by atoms with van der Waals surface area (Å²) in [6.07, 6.45) is 0.662. The minimum absolute atomic E-state index is 0.252. The van der Waals surface area contributed by atoms with Gasteiger partial charge in [0.1, 0.15) is 0 Å². The van der Waals surface area contributed by atoms with Gasteiger partial charge in [-0.15, -0.1) is 0 Å². The van der Waals surface area contributed by atoms with Gasteiger partial charge >= 0.3 is 11.9 Å². The molecule has 3 heteroatoms. The topological polar surface area (TPSA) is 43.4 Å². The Hall–Kier alpha value is -1.64. The van der Waals surface area contributed by atoms with Crippen molar-refractivity contribution in [1.82, 2.24) is 0 Å². The molecule has 0 bridgehead atoms. The average molecular weight is 232 g/mol. The second kappa shape index (κ2) is 4.70. The van der Waals surface area contributed by atoms with E-state index in [-0.39, 0.29) is 29.7 Å². The van der Waals surface area contributed by atoms with E-state index in [0.29, 0.717) is 6.42 Å². The highest BCUT2D eigenvalue weighted by atomic mass is 16.6. The Bertz CT molecular complexity index is 424. The summed E-state index contributed by atoms with van der Waals surface area (Å²) in [5, 5.41) is 0. The quantitative estimate of drug-likeness (QED) is 0.594. The van der Waals surface area contributed by atoms with Gasteiger partial charge in [0.25, 0.3) is 0 Å². The zero-order valence-corrected chi connectivity index (χ0v) is 10.1. The maximum absolute atomic E-state index is 11.5. The number of hydrogen-bond acceptors (Lipinski definition) is 3. The van der Waals surface area contributed by atoms with E-state index in [9.17, 15) is 9.59 Å². The molecule has 0 spiro atoms. The normalized spacial score (nSPS) is 25.8. The van der Waals surface area contributed by atoms with Crippen LogP contribution in [0.1, 0.15) is 31.7 Å². The van der Waals surface area contributed by atoms with Gasteiger partial charge < -0.3 is 4.74 Å². The molecule has 1 fully saturated rings. The van der Waals surface area contributed by atoms with Crippen molar-refractivity contribution in [1.29, 1.82) is 0 Å². The Morgan fingerprint density at radius 1 is 1.18 bits per heavy atom. The highest BCUT2D eigenvalue weighted by Crippen LogP contribution is 2.32. The molecule has 3 nitrogen and oxygen atoms in total. The lowest BCUT2D eigenvalue weighted by molar-refractivity contribution is -0.153. The van der Waals surface area contributed by atoms with Gasteiger partial charge in [0.05, 0.1) is 11.8 Å². The molecule has 0 saturated carbocycles. The maximum Gasteiger partial charge on any atom is 0.317 e. The molecule has 17 heavy (non-hydrogen) atoms. The number of cyclic esters (lactones) is 2. The number of hydrogen-bond donors (Lipinski definition) is 0. The molecule has 0 N–H and O–H groups in total. The number of rotatable bonds is 3. The van der Waals surface area contributed by atoms with Crippen molar-refractivity contribution in [2.75, 3.05) is 0 Å². The molecular formula is C14H16O3. The number of carbonyl (C=O) groups is 2. The van der Waals surface area contributed by atoms with Crippen molar-refractivity contribution < 1.29 is 14.3 Å². The van der Waals surface area contributed by atoms with Crippen LogP contribution in [0.3, 0.4) is 0 Å². The molecule has 1 aliphatic rings. The molecular weight excluding hydrogens is 216 g/mol. The lowest BCUT2D eigenvalue weighted by Gasteiger charge is -2.16. The number of esters is 2. The molecule has 1 unspecified atom stereocenters. The fraction of sp³-hybridized carbons (Fsp3) is 0.429. The van der Waals surface area contributed by atoms with Crippen LogP contribution in [0, 0.1) is 11.8 Å². The van der Waals surface area contributed by atoms with Crippen molar-refractivity contribution in [2.45, 2.75) is 26.2 Å². The zero-order valence-electron chi connectivity index (χ0n) is 10.1. The first-order chi connectivity index (χ1) is 8.09. The smallest absolute Gasteiger partial charge is 0.317 e. The highest BCUT2D eigenvalue weighted by Gasteiger charge is 2.41. The van der Waals surface area contributed by atoms with Crippen molar-refractivity contribution >= 4 is 11.9 Å². The summed E-state index contributed by atoms with van der Waals surface area (Å²) in [5.41, 5.74) is 1.19. The second-order valence-corrected chi connectivity index (χ2v) is 4.68. The Balaban J connectivity index is 2.07. The molecule has 2 rings (SSSR count). The Kier molecular flexibility index (Phi) is 3.27. The standard InChI is InChI=1S/C14H16O3/c1-9(11-6-4-3-5-7-11)8-12-10(2)13(15)17-14(12)16/h3-7,9-10,12H,8H2,1-2H3/t9-,10+,12?/m1/s1. The lowest BCUT2D eigenvalue weighted by atomic mass is 9.85. The predicted molar refractivity (Wildman–Crippen MR) is 63.2 cm³/mol. The first kappa shape index (κ1) is 11.8.